The van der Waals surface area contributed by atoms with Crippen LogP contribution < -0.4 is 10.6 Å². The van der Waals surface area contributed by atoms with Gasteiger partial charge in [-0.1, -0.05) is 59.6 Å². The molecule has 2 N–H and O–H groups in total. The van der Waals surface area contributed by atoms with Gasteiger partial charge in [0.15, 0.2) is 0 Å². The van der Waals surface area contributed by atoms with E-state index in [9.17, 15) is 4.79 Å². The highest BCUT2D eigenvalue weighted by atomic mass is 35.5. The molecule has 0 aromatic heterocycles. The molecule has 0 aliphatic rings. The van der Waals surface area contributed by atoms with Crippen molar-refractivity contribution in [1.29, 1.82) is 0 Å². The molecule has 0 atom stereocenters. The molecule has 0 aliphatic carbocycles. The van der Waals surface area contributed by atoms with E-state index in [4.69, 9.17) is 23.2 Å². The van der Waals surface area contributed by atoms with E-state index < -0.39 is 0 Å². The Morgan fingerprint density at radius 2 is 1.76 bits per heavy atom. The number of anilines is 1. The van der Waals surface area contributed by atoms with Gasteiger partial charge in [-0.05, 0) is 17.7 Å². The number of rotatable bonds is 6. The van der Waals surface area contributed by atoms with E-state index >= 15 is 0 Å². The first-order valence-electron chi connectivity index (χ1n) is 6.65. The second kappa shape index (κ2) is 8.03. The molecule has 0 saturated carbocycles. The summed E-state index contributed by atoms with van der Waals surface area (Å²) in [5, 5.41) is 6.77. The van der Waals surface area contributed by atoms with Crippen molar-refractivity contribution in [3.8, 4) is 0 Å². The summed E-state index contributed by atoms with van der Waals surface area (Å²) in [6.07, 6.45) is 0.371. The second-order valence-electron chi connectivity index (χ2n) is 4.56. The lowest BCUT2D eigenvalue weighted by atomic mass is 10.2. The van der Waals surface area contributed by atoms with Crippen molar-refractivity contribution >= 4 is 34.8 Å². The summed E-state index contributed by atoms with van der Waals surface area (Å²) in [4.78, 5) is 11.8. The fourth-order valence-corrected chi connectivity index (χ4v) is 2.19. The van der Waals surface area contributed by atoms with Crippen LogP contribution in [-0.4, -0.2) is 12.5 Å². The van der Waals surface area contributed by atoms with Crippen LogP contribution in [0.5, 0.6) is 0 Å². The maximum absolute atomic E-state index is 11.8. The molecule has 1 amide bonds. The summed E-state index contributed by atoms with van der Waals surface area (Å²) in [7, 11) is 0. The van der Waals surface area contributed by atoms with Gasteiger partial charge in [-0.3, -0.25) is 4.79 Å². The normalized spacial score (nSPS) is 10.4. The third kappa shape index (κ3) is 5.05. The number of benzene rings is 2. The average molecular weight is 323 g/mol. The van der Waals surface area contributed by atoms with Crippen molar-refractivity contribution in [3.05, 3.63) is 64.1 Å². The number of halogens is 2. The Morgan fingerprint density at radius 3 is 2.52 bits per heavy atom. The monoisotopic (exact) mass is 322 g/mol. The summed E-state index contributed by atoms with van der Waals surface area (Å²) in [5.74, 6) is -0.0975. The Balaban J connectivity index is 1.74. The van der Waals surface area contributed by atoms with Gasteiger partial charge in [0.1, 0.15) is 0 Å². The molecular formula is C16H16Cl2N2O. The Kier molecular flexibility index (Phi) is 6.05. The maximum atomic E-state index is 11.8. The predicted octanol–water partition coefficient (Wildman–Crippen LogP) is 4.11. The minimum absolute atomic E-state index is 0.0975. The molecule has 0 heterocycles. The second-order valence-corrected chi connectivity index (χ2v) is 5.35. The van der Waals surface area contributed by atoms with Crippen LogP contribution in [0.1, 0.15) is 12.0 Å². The van der Waals surface area contributed by atoms with Gasteiger partial charge in [-0.25, -0.2) is 0 Å². The lowest BCUT2D eigenvalue weighted by Gasteiger charge is -2.09. The summed E-state index contributed by atoms with van der Waals surface area (Å²) in [6, 6.07) is 15.2. The van der Waals surface area contributed by atoms with Crippen molar-refractivity contribution in [2.24, 2.45) is 0 Å². The van der Waals surface area contributed by atoms with Gasteiger partial charge < -0.3 is 10.6 Å². The molecule has 0 bridgehead atoms. The molecule has 2 aromatic rings. The van der Waals surface area contributed by atoms with E-state index in [1.807, 2.05) is 30.3 Å². The molecule has 2 rings (SSSR count). The Hall–Kier alpha value is -1.55. The van der Waals surface area contributed by atoms with Crippen LogP contribution in [0.3, 0.4) is 0 Å². The number of hydrogen-bond acceptors (Lipinski definition) is 2. The van der Waals surface area contributed by atoms with E-state index in [1.54, 1.807) is 18.2 Å². The summed E-state index contributed by atoms with van der Waals surface area (Å²) < 4.78 is 0. The van der Waals surface area contributed by atoms with Gasteiger partial charge in [0.2, 0.25) is 5.91 Å². The topological polar surface area (TPSA) is 41.1 Å². The van der Waals surface area contributed by atoms with Crippen LogP contribution in [0.25, 0.3) is 0 Å². The number of hydrogen-bond donors (Lipinski definition) is 2. The fraction of sp³-hybridized carbons (Fsp3) is 0.188. The largest absolute Gasteiger partial charge is 0.325 e. The van der Waals surface area contributed by atoms with Gasteiger partial charge in [-0.2, -0.15) is 0 Å². The quantitative estimate of drug-likeness (QED) is 0.786. The zero-order chi connectivity index (χ0) is 15.1. The lowest BCUT2D eigenvalue weighted by Crippen LogP contribution is -2.21. The SMILES string of the molecule is O=C(CCNCc1ccccc1)Nc1cccc(Cl)c1Cl. The highest BCUT2D eigenvalue weighted by molar-refractivity contribution is 6.43. The molecule has 2 aromatic carbocycles. The Labute approximate surface area is 134 Å². The van der Waals surface area contributed by atoms with Crippen LogP contribution in [0, 0.1) is 0 Å². The van der Waals surface area contributed by atoms with Crippen LogP contribution in [-0.2, 0) is 11.3 Å². The molecule has 0 fully saturated rings. The molecule has 3 nitrogen and oxygen atoms in total. The number of carbonyl (C=O) groups excluding carboxylic acids is 1. The minimum Gasteiger partial charge on any atom is -0.325 e. The van der Waals surface area contributed by atoms with Crippen LogP contribution >= 0.6 is 23.2 Å². The molecule has 21 heavy (non-hydrogen) atoms. The third-order valence-electron chi connectivity index (χ3n) is 2.93. The van der Waals surface area contributed by atoms with Crippen LogP contribution in [0.2, 0.25) is 10.0 Å². The Bertz CT molecular complexity index is 602. The Morgan fingerprint density at radius 1 is 1.00 bits per heavy atom. The maximum Gasteiger partial charge on any atom is 0.225 e. The smallest absolute Gasteiger partial charge is 0.225 e. The summed E-state index contributed by atoms with van der Waals surface area (Å²) in [6.45, 7) is 1.34. The van der Waals surface area contributed by atoms with E-state index in [-0.39, 0.29) is 5.91 Å². The first-order valence-corrected chi connectivity index (χ1v) is 7.41. The van der Waals surface area contributed by atoms with Crippen molar-refractivity contribution in [2.75, 3.05) is 11.9 Å². The number of carbonyl (C=O) groups is 1. The predicted molar refractivity (Wildman–Crippen MR) is 87.9 cm³/mol. The highest BCUT2D eigenvalue weighted by Gasteiger charge is 2.07. The van der Waals surface area contributed by atoms with Crippen molar-refractivity contribution in [3.63, 3.8) is 0 Å². The molecular weight excluding hydrogens is 307 g/mol. The molecule has 0 aliphatic heterocycles. The molecule has 5 heteroatoms. The van der Waals surface area contributed by atoms with Crippen molar-refractivity contribution < 1.29 is 4.79 Å². The lowest BCUT2D eigenvalue weighted by molar-refractivity contribution is -0.116. The van der Waals surface area contributed by atoms with Crippen molar-refractivity contribution in [2.45, 2.75) is 13.0 Å². The molecule has 0 saturated heterocycles. The van der Waals surface area contributed by atoms with Gasteiger partial charge in [0.05, 0.1) is 15.7 Å². The van der Waals surface area contributed by atoms with Gasteiger partial charge >= 0.3 is 0 Å². The average Bonchev–Trinajstić information content (AvgIpc) is 2.49. The summed E-state index contributed by atoms with van der Waals surface area (Å²) in [5.41, 5.74) is 1.73. The third-order valence-corrected chi connectivity index (χ3v) is 3.75. The fourth-order valence-electron chi connectivity index (χ4n) is 1.84. The van der Waals surface area contributed by atoms with Gasteiger partial charge in [-0.15, -0.1) is 0 Å². The van der Waals surface area contributed by atoms with Crippen LogP contribution in [0.15, 0.2) is 48.5 Å². The van der Waals surface area contributed by atoms with E-state index in [0.717, 1.165) is 6.54 Å². The molecule has 0 unspecified atom stereocenters. The molecule has 0 spiro atoms. The highest BCUT2D eigenvalue weighted by Crippen LogP contribution is 2.29. The molecule has 0 radical (unpaired) electrons. The number of amides is 1. The molecule has 110 valence electrons. The van der Waals surface area contributed by atoms with Gasteiger partial charge in [0, 0.05) is 19.5 Å². The summed E-state index contributed by atoms with van der Waals surface area (Å²) >= 11 is 11.9. The van der Waals surface area contributed by atoms with E-state index in [0.29, 0.717) is 28.7 Å². The minimum atomic E-state index is -0.0975. The van der Waals surface area contributed by atoms with E-state index in [2.05, 4.69) is 10.6 Å². The first kappa shape index (κ1) is 15.8. The first-order chi connectivity index (χ1) is 10.2. The van der Waals surface area contributed by atoms with Crippen LogP contribution in [0.4, 0.5) is 5.69 Å². The van der Waals surface area contributed by atoms with E-state index in [1.165, 1.54) is 5.56 Å². The number of nitrogens with one attached hydrogen (secondary N) is 2. The van der Waals surface area contributed by atoms with Crippen molar-refractivity contribution in [1.82, 2.24) is 5.32 Å². The van der Waals surface area contributed by atoms with Gasteiger partial charge in [0.25, 0.3) is 0 Å². The standard InChI is InChI=1S/C16H16Cl2N2O/c17-13-7-4-8-14(16(13)18)20-15(21)9-10-19-11-12-5-2-1-3-6-12/h1-8,19H,9-11H2,(H,20,21). The zero-order valence-corrected chi connectivity index (χ0v) is 12.9. The zero-order valence-electron chi connectivity index (χ0n) is 11.4.